The van der Waals surface area contributed by atoms with Gasteiger partial charge in [-0.15, -0.1) is 0 Å². The number of carbonyl (C=O) groups excluding carboxylic acids is 1. The molecule has 0 bridgehead atoms. The summed E-state index contributed by atoms with van der Waals surface area (Å²) in [5, 5.41) is 11.2. The number of carbonyl (C=O) groups is 2. The summed E-state index contributed by atoms with van der Waals surface area (Å²) >= 11 is 0. The number of nitrogens with one attached hydrogen (secondary N) is 1. The van der Waals surface area contributed by atoms with Crippen LogP contribution in [0.1, 0.15) is 31.2 Å². The van der Waals surface area contributed by atoms with Gasteiger partial charge in [0, 0.05) is 19.0 Å². The number of unbranched alkanes of at least 4 members (excludes halogenated alkanes) is 1. The van der Waals surface area contributed by atoms with Crippen LogP contribution in [0.15, 0.2) is 18.5 Å². The number of aryl methyl sites for hydroxylation is 1. The zero-order valence-corrected chi connectivity index (χ0v) is 9.77. The van der Waals surface area contributed by atoms with Gasteiger partial charge in [0.25, 0.3) is 0 Å². The largest absolute Gasteiger partial charge is 0.481 e. The molecule has 92 valence electrons. The van der Waals surface area contributed by atoms with Crippen LogP contribution in [0.3, 0.4) is 0 Å². The molecule has 0 fully saturated rings. The Morgan fingerprint density at radius 2 is 2.06 bits per heavy atom. The standard InChI is InChI=1S/C12H16N2O3/c1-9-6-7-13-8-10(9)14-11(15)4-2-3-5-12(16)17/h6-8H,2-5H2,1H3,(H,14,15)(H,16,17). The zero-order chi connectivity index (χ0) is 12.7. The molecule has 1 amide bonds. The molecular weight excluding hydrogens is 220 g/mol. The van der Waals surface area contributed by atoms with Crippen molar-refractivity contribution in [1.82, 2.24) is 4.98 Å². The van der Waals surface area contributed by atoms with Gasteiger partial charge in [0.05, 0.1) is 11.9 Å². The van der Waals surface area contributed by atoms with Gasteiger partial charge >= 0.3 is 5.97 Å². The van der Waals surface area contributed by atoms with Crippen LogP contribution < -0.4 is 5.32 Å². The Kier molecular flexibility index (Phi) is 5.13. The number of rotatable bonds is 6. The Balaban J connectivity index is 2.30. The second-order valence-corrected chi connectivity index (χ2v) is 3.84. The molecule has 0 saturated heterocycles. The lowest BCUT2D eigenvalue weighted by molar-refractivity contribution is -0.137. The van der Waals surface area contributed by atoms with Gasteiger partial charge in [-0.3, -0.25) is 14.6 Å². The molecule has 0 atom stereocenters. The highest BCUT2D eigenvalue weighted by Crippen LogP contribution is 2.12. The molecule has 0 aromatic carbocycles. The Bertz CT molecular complexity index is 404. The minimum absolute atomic E-state index is 0.105. The summed E-state index contributed by atoms with van der Waals surface area (Å²) in [5.74, 6) is -0.931. The van der Waals surface area contributed by atoms with Gasteiger partial charge in [0.1, 0.15) is 0 Å². The predicted molar refractivity (Wildman–Crippen MR) is 63.7 cm³/mol. The molecule has 0 aliphatic carbocycles. The normalized spacial score (nSPS) is 9.94. The first kappa shape index (κ1) is 13.2. The molecule has 1 aromatic rings. The lowest BCUT2D eigenvalue weighted by atomic mass is 10.2. The number of carboxylic acid groups (broad SMARTS) is 1. The Labute approximate surface area is 99.9 Å². The average molecular weight is 236 g/mol. The van der Waals surface area contributed by atoms with E-state index in [2.05, 4.69) is 10.3 Å². The van der Waals surface area contributed by atoms with Crippen molar-refractivity contribution < 1.29 is 14.7 Å². The Morgan fingerprint density at radius 3 is 2.71 bits per heavy atom. The number of pyridine rings is 1. The minimum atomic E-state index is -0.825. The van der Waals surface area contributed by atoms with Crippen molar-refractivity contribution in [1.29, 1.82) is 0 Å². The number of aromatic nitrogens is 1. The lowest BCUT2D eigenvalue weighted by Crippen LogP contribution is -2.12. The number of aliphatic carboxylic acids is 1. The fourth-order valence-electron chi connectivity index (χ4n) is 1.37. The van der Waals surface area contributed by atoms with E-state index >= 15 is 0 Å². The van der Waals surface area contributed by atoms with E-state index in [1.807, 2.05) is 13.0 Å². The molecule has 0 radical (unpaired) electrons. The van der Waals surface area contributed by atoms with Gasteiger partial charge in [-0.25, -0.2) is 0 Å². The molecule has 2 N–H and O–H groups in total. The third-order valence-electron chi connectivity index (χ3n) is 2.36. The first-order chi connectivity index (χ1) is 8.09. The summed E-state index contributed by atoms with van der Waals surface area (Å²) in [7, 11) is 0. The SMILES string of the molecule is Cc1ccncc1NC(=O)CCCCC(=O)O. The molecular formula is C12H16N2O3. The molecule has 17 heavy (non-hydrogen) atoms. The highest BCUT2D eigenvalue weighted by Gasteiger charge is 2.05. The highest BCUT2D eigenvalue weighted by atomic mass is 16.4. The molecule has 5 heteroatoms. The van der Waals surface area contributed by atoms with Gasteiger partial charge in [-0.2, -0.15) is 0 Å². The van der Waals surface area contributed by atoms with Crippen molar-refractivity contribution in [3.63, 3.8) is 0 Å². The average Bonchev–Trinajstić information content (AvgIpc) is 2.27. The topological polar surface area (TPSA) is 79.3 Å². The zero-order valence-electron chi connectivity index (χ0n) is 9.77. The summed E-state index contributed by atoms with van der Waals surface area (Å²) in [6.07, 6.45) is 4.81. The van der Waals surface area contributed by atoms with E-state index < -0.39 is 5.97 Å². The van der Waals surface area contributed by atoms with Crippen LogP contribution in [0.2, 0.25) is 0 Å². The van der Waals surface area contributed by atoms with E-state index in [4.69, 9.17) is 5.11 Å². The number of carboxylic acids is 1. The number of nitrogens with zero attached hydrogens (tertiary/aromatic N) is 1. The summed E-state index contributed by atoms with van der Waals surface area (Å²) in [6.45, 7) is 1.89. The molecule has 1 aromatic heterocycles. The van der Waals surface area contributed by atoms with Gasteiger partial charge in [0.15, 0.2) is 0 Å². The molecule has 1 rings (SSSR count). The minimum Gasteiger partial charge on any atom is -0.481 e. The first-order valence-electron chi connectivity index (χ1n) is 5.52. The van der Waals surface area contributed by atoms with Crippen molar-refractivity contribution in [2.45, 2.75) is 32.6 Å². The fourth-order valence-corrected chi connectivity index (χ4v) is 1.37. The van der Waals surface area contributed by atoms with E-state index in [1.54, 1.807) is 12.4 Å². The predicted octanol–water partition coefficient (Wildman–Crippen LogP) is 1.97. The van der Waals surface area contributed by atoms with Crippen molar-refractivity contribution in [3.05, 3.63) is 24.0 Å². The van der Waals surface area contributed by atoms with Crippen LogP contribution in [-0.4, -0.2) is 22.0 Å². The van der Waals surface area contributed by atoms with Crippen molar-refractivity contribution in [2.75, 3.05) is 5.32 Å². The number of hydrogen-bond donors (Lipinski definition) is 2. The fraction of sp³-hybridized carbons (Fsp3) is 0.417. The summed E-state index contributed by atoms with van der Waals surface area (Å²) in [4.78, 5) is 25.7. The number of amides is 1. The monoisotopic (exact) mass is 236 g/mol. The maximum atomic E-state index is 11.5. The van der Waals surface area contributed by atoms with Gasteiger partial charge in [-0.1, -0.05) is 0 Å². The quantitative estimate of drug-likeness (QED) is 0.740. The second kappa shape index (κ2) is 6.62. The summed E-state index contributed by atoms with van der Waals surface area (Å²) < 4.78 is 0. The number of anilines is 1. The van der Waals surface area contributed by atoms with Crippen molar-refractivity contribution >= 4 is 17.6 Å². The maximum absolute atomic E-state index is 11.5. The van der Waals surface area contributed by atoms with E-state index in [-0.39, 0.29) is 12.3 Å². The first-order valence-corrected chi connectivity index (χ1v) is 5.52. The summed E-state index contributed by atoms with van der Waals surface area (Å²) in [6, 6.07) is 1.82. The smallest absolute Gasteiger partial charge is 0.303 e. The molecule has 5 nitrogen and oxygen atoms in total. The Morgan fingerprint density at radius 1 is 1.35 bits per heavy atom. The van der Waals surface area contributed by atoms with Gasteiger partial charge in [-0.05, 0) is 31.4 Å². The molecule has 0 unspecified atom stereocenters. The van der Waals surface area contributed by atoms with Crippen molar-refractivity contribution in [3.8, 4) is 0 Å². The maximum Gasteiger partial charge on any atom is 0.303 e. The highest BCUT2D eigenvalue weighted by molar-refractivity contribution is 5.91. The van der Waals surface area contributed by atoms with Crippen LogP contribution in [0, 0.1) is 6.92 Å². The lowest BCUT2D eigenvalue weighted by Gasteiger charge is -2.06. The molecule has 0 aliphatic rings. The van der Waals surface area contributed by atoms with Crippen LogP contribution >= 0.6 is 0 Å². The molecule has 0 saturated carbocycles. The van der Waals surface area contributed by atoms with E-state index in [9.17, 15) is 9.59 Å². The molecule has 0 aliphatic heterocycles. The van der Waals surface area contributed by atoms with Gasteiger partial charge in [0.2, 0.25) is 5.91 Å². The van der Waals surface area contributed by atoms with Crippen LogP contribution in [0.4, 0.5) is 5.69 Å². The van der Waals surface area contributed by atoms with E-state index in [0.717, 1.165) is 5.56 Å². The van der Waals surface area contributed by atoms with E-state index in [1.165, 1.54) is 0 Å². The second-order valence-electron chi connectivity index (χ2n) is 3.84. The van der Waals surface area contributed by atoms with Crippen LogP contribution in [-0.2, 0) is 9.59 Å². The van der Waals surface area contributed by atoms with E-state index in [0.29, 0.717) is 24.9 Å². The third kappa shape index (κ3) is 5.10. The van der Waals surface area contributed by atoms with Crippen molar-refractivity contribution in [2.24, 2.45) is 0 Å². The third-order valence-corrected chi connectivity index (χ3v) is 2.36. The number of hydrogen-bond acceptors (Lipinski definition) is 3. The van der Waals surface area contributed by atoms with Crippen LogP contribution in [0.25, 0.3) is 0 Å². The molecule has 1 heterocycles. The van der Waals surface area contributed by atoms with Crippen LogP contribution in [0.5, 0.6) is 0 Å². The summed E-state index contributed by atoms with van der Waals surface area (Å²) in [5.41, 5.74) is 1.66. The van der Waals surface area contributed by atoms with Gasteiger partial charge < -0.3 is 10.4 Å². The molecule has 0 spiro atoms. The Hall–Kier alpha value is -1.91.